The van der Waals surface area contributed by atoms with Gasteiger partial charge in [0.2, 0.25) is 5.91 Å². The number of nitrogens with one attached hydrogen (secondary N) is 1. The Morgan fingerprint density at radius 3 is 2.60 bits per heavy atom. The van der Waals surface area contributed by atoms with Gasteiger partial charge in [0.25, 0.3) is 0 Å². The second-order valence-corrected chi connectivity index (χ2v) is 6.70. The molecule has 0 spiro atoms. The summed E-state index contributed by atoms with van der Waals surface area (Å²) in [6.45, 7) is -0.0639. The number of nitrogen functional groups attached to an aromatic ring is 1. The molecule has 30 heavy (non-hydrogen) atoms. The second-order valence-electron chi connectivity index (χ2n) is 6.70. The van der Waals surface area contributed by atoms with Gasteiger partial charge >= 0.3 is 12.1 Å². The maximum atomic E-state index is 13.5. The van der Waals surface area contributed by atoms with E-state index in [0.29, 0.717) is 12.1 Å². The van der Waals surface area contributed by atoms with Crippen molar-refractivity contribution in [2.24, 2.45) is 5.73 Å². The van der Waals surface area contributed by atoms with Crippen LogP contribution in [-0.2, 0) is 16.0 Å². The van der Waals surface area contributed by atoms with Crippen LogP contribution >= 0.6 is 0 Å². The summed E-state index contributed by atoms with van der Waals surface area (Å²) in [5, 5.41) is 17.1. The van der Waals surface area contributed by atoms with Crippen LogP contribution in [0.25, 0.3) is 10.9 Å². The number of nitriles is 1. The Labute approximate surface area is 168 Å². The Kier molecular flexibility index (Phi) is 6.88. The fraction of sp³-hybridized carbons (Fsp3) is 0.389. The largest absolute Gasteiger partial charge is 0.490 e. The van der Waals surface area contributed by atoms with Crippen molar-refractivity contribution in [3.8, 4) is 6.07 Å². The molecule has 6 N–H and O–H groups in total. The lowest BCUT2D eigenvalue weighted by atomic mass is 10.0. The summed E-state index contributed by atoms with van der Waals surface area (Å²) >= 11 is 0. The zero-order valence-corrected chi connectivity index (χ0v) is 15.5. The molecule has 12 heteroatoms. The summed E-state index contributed by atoms with van der Waals surface area (Å²) in [5.74, 6) is -3.15. The minimum absolute atomic E-state index is 0.0541. The number of aromatic nitrogens is 1. The monoisotopic (exact) mass is 429 g/mol. The molecule has 0 aliphatic carbocycles. The number of carbonyl (C=O) groups is 2. The first-order valence-electron chi connectivity index (χ1n) is 8.69. The molecule has 0 bridgehead atoms. The number of anilines is 1. The van der Waals surface area contributed by atoms with E-state index in [1.165, 1.54) is 4.90 Å². The van der Waals surface area contributed by atoms with Crippen LogP contribution in [0.2, 0.25) is 0 Å². The number of carboxylic acid groups (broad SMARTS) is 1. The van der Waals surface area contributed by atoms with Gasteiger partial charge in [0.15, 0.2) is 0 Å². The molecule has 1 amide bonds. The maximum Gasteiger partial charge on any atom is 0.490 e. The van der Waals surface area contributed by atoms with Gasteiger partial charge in [0, 0.05) is 29.2 Å². The van der Waals surface area contributed by atoms with Crippen LogP contribution in [0.15, 0.2) is 24.4 Å². The lowest BCUT2D eigenvalue weighted by molar-refractivity contribution is -0.192. The van der Waals surface area contributed by atoms with Gasteiger partial charge in [0.1, 0.15) is 12.2 Å². The van der Waals surface area contributed by atoms with Gasteiger partial charge in [-0.15, -0.1) is 0 Å². The molecule has 1 aromatic heterocycles. The number of rotatable bonds is 3. The molecule has 3 atom stereocenters. The fourth-order valence-electron chi connectivity index (χ4n) is 3.05. The van der Waals surface area contributed by atoms with E-state index >= 15 is 0 Å². The molecule has 3 unspecified atom stereocenters. The van der Waals surface area contributed by atoms with Crippen molar-refractivity contribution in [3.05, 3.63) is 30.0 Å². The summed E-state index contributed by atoms with van der Waals surface area (Å²) in [6.07, 6.45) is -4.10. The maximum absolute atomic E-state index is 13.5. The second kappa shape index (κ2) is 9.00. The van der Waals surface area contributed by atoms with Crippen LogP contribution < -0.4 is 11.5 Å². The molecular weight excluding hydrogens is 410 g/mol. The molecule has 3 rings (SSSR count). The first-order valence-corrected chi connectivity index (χ1v) is 8.69. The van der Waals surface area contributed by atoms with Crippen molar-refractivity contribution in [2.45, 2.75) is 37.3 Å². The average molecular weight is 429 g/mol. The van der Waals surface area contributed by atoms with Gasteiger partial charge in [-0.2, -0.15) is 18.4 Å². The van der Waals surface area contributed by atoms with E-state index in [1.54, 1.807) is 12.3 Å². The first kappa shape index (κ1) is 23.0. The molecule has 1 fully saturated rings. The highest BCUT2D eigenvalue weighted by molar-refractivity contribution is 5.88. The number of H-pyrrole nitrogens is 1. The van der Waals surface area contributed by atoms with E-state index < -0.39 is 36.3 Å². The summed E-state index contributed by atoms with van der Waals surface area (Å²) < 4.78 is 45.2. The van der Waals surface area contributed by atoms with Crippen LogP contribution in [0.3, 0.4) is 0 Å². The Bertz CT molecular complexity index is 969. The zero-order chi connectivity index (χ0) is 22.6. The molecule has 0 saturated carbocycles. The third-order valence-corrected chi connectivity index (χ3v) is 4.47. The number of amides is 1. The third-order valence-electron chi connectivity index (χ3n) is 4.47. The first-order chi connectivity index (χ1) is 13.9. The number of carboxylic acids is 1. The van der Waals surface area contributed by atoms with Crippen molar-refractivity contribution in [2.75, 3.05) is 12.3 Å². The molecule has 0 radical (unpaired) electrons. The van der Waals surface area contributed by atoms with E-state index in [9.17, 15) is 22.4 Å². The lowest BCUT2D eigenvalue weighted by Gasteiger charge is -2.23. The highest BCUT2D eigenvalue weighted by Gasteiger charge is 2.38. The summed E-state index contributed by atoms with van der Waals surface area (Å²) in [7, 11) is 0. The minimum Gasteiger partial charge on any atom is -0.475 e. The van der Waals surface area contributed by atoms with Crippen LogP contribution in [0.5, 0.6) is 0 Å². The van der Waals surface area contributed by atoms with Crippen molar-refractivity contribution in [1.29, 1.82) is 5.26 Å². The molecule has 1 aliphatic heterocycles. The number of aromatic amines is 1. The topological polar surface area (TPSA) is 149 Å². The van der Waals surface area contributed by atoms with Crippen LogP contribution in [0, 0.1) is 11.3 Å². The van der Waals surface area contributed by atoms with Crippen molar-refractivity contribution >= 4 is 28.5 Å². The quantitative estimate of drug-likeness (QED) is 0.431. The lowest BCUT2D eigenvalue weighted by Crippen LogP contribution is -2.46. The van der Waals surface area contributed by atoms with Gasteiger partial charge < -0.3 is 26.5 Å². The molecule has 1 aromatic carbocycles. The number of halogens is 4. The van der Waals surface area contributed by atoms with Crippen LogP contribution in [0.4, 0.5) is 23.2 Å². The Morgan fingerprint density at radius 1 is 1.40 bits per heavy atom. The standard InChI is InChI=1S/C16H18FN5O.C2HF3O2/c17-10-4-12(6-18)22(8-10)16(23)14(20)3-9-7-21-15-2-1-11(19)5-13(9)15;3-2(4,5)1(6)7/h1-2,5,7,10,12,14,21H,3-4,8,19-20H2;(H,6,7). The van der Waals surface area contributed by atoms with E-state index in [0.717, 1.165) is 16.5 Å². The van der Waals surface area contributed by atoms with Crippen molar-refractivity contribution in [1.82, 2.24) is 9.88 Å². The van der Waals surface area contributed by atoms with E-state index in [-0.39, 0.29) is 13.0 Å². The van der Waals surface area contributed by atoms with Gasteiger partial charge in [-0.3, -0.25) is 4.79 Å². The zero-order valence-electron chi connectivity index (χ0n) is 15.5. The van der Waals surface area contributed by atoms with Gasteiger partial charge in [-0.05, 0) is 30.2 Å². The third kappa shape index (κ3) is 5.38. The molecular formula is C18H19F4N5O3. The number of benzene rings is 1. The number of hydrogen-bond acceptors (Lipinski definition) is 5. The molecule has 1 aliphatic rings. The molecule has 8 nitrogen and oxygen atoms in total. The van der Waals surface area contributed by atoms with E-state index in [4.69, 9.17) is 26.6 Å². The highest BCUT2D eigenvalue weighted by Crippen LogP contribution is 2.24. The number of alkyl halides is 4. The van der Waals surface area contributed by atoms with Crippen molar-refractivity contribution in [3.63, 3.8) is 0 Å². The Hall–Kier alpha value is -3.33. The van der Waals surface area contributed by atoms with E-state index in [2.05, 4.69) is 4.98 Å². The van der Waals surface area contributed by atoms with Gasteiger partial charge in [-0.25, -0.2) is 9.18 Å². The number of nitrogens with zero attached hydrogens (tertiary/aromatic N) is 2. The summed E-state index contributed by atoms with van der Waals surface area (Å²) in [5.41, 5.74) is 14.2. The summed E-state index contributed by atoms with van der Waals surface area (Å²) in [6, 6.07) is 5.88. The average Bonchev–Trinajstić information content (AvgIpc) is 3.23. The van der Waals surface area contributed by atoms with Gasteiger partial charge in [0.05, 0.1) is 18.7 Å². The fourth-order valence-corrected chi connectivity index (χ4v) is 3.05. The number of aliphatic carboxylic acids is 1. The Morgan fingerprint density at radius 2 is 2.03 bits per heavy atom. The predicted octanol–water partition coefficient (Wildman–Crippen LogP) is 1.72. The highest BCUT2D eigenvalue weighted by atomic mass is 19.4. The van der Waals surface area contributed by atoms with E-state index in [1.807, 2.05) is 18.2 Å². The van der Waals surface area contributed by atoms with Gasteiger partial charge in [-0.1, -0.05) is 0 Å². The van der Waals surface area contributed by atoms with Crippen molar-refractivity contribution < 1.29 is 32.3 Å². The molecule has 2 heterocycles. The smallest absolute Gasteiger partial charge is 0.475 e. The Balaban J connectivity index is 0.000000396. The number of hydrogen-bond donors (Lipinski definition) is 4. The number of fused-ring (bicyclic) bond motifs is 1. The van der Waals surface area contributed by atoms with Crippen LogP contribution in [0.1, 0.15) is 12.0 Å². The summed E-state index contributed by atoms with van der Waals surface area (Å²) in [4.78, 5) is 25.7. The number of likely N-dealkylation sites (tertiary alicyclic amines) is 1. The number of carbonyl (C=O) groups excluding carboxylic acids is 1. The number of nitrogens with two attached hydrogens (primary N) is 2. The minimum atomic E-state index is -5.08. The SMILES string of the molecule is N#CC1CC(F)CN1C(=O)C(N)Cc1c[nH]c2ccc(N)cc12.O=C(O)C(F)(F)F. The molecule has 1 saturated heterocycles. The predicted molar refractivity (Wildman–Crippen MR) is 98.7 cm³/mol. The van der Waals surface area contributed by atoms with Crippen LogP contribution in [-0.4, -0.2) is 57.8 Å². The molecule has 162 valence electrons. The molecule has 2 aromatic rings. The normalized spacial score (nSPS) is 19.7.